The summed E-state index contributed by atoms with van der Waals surface area (Å²) in [5, 5.41) is 1.13. The van der Waals surface area contributed by atoms with E-state index in [0.29, 0.717) is 5.92 Å². The Morgan fingerprint density at radius 1 is 1.32 bits per heavy atom. The molecule has 1 aromatic carbocycles. The molecule has 3 rings (SSSR count). The summed E-state index contributed by atoms with van der Waals surface area (Å²) in [7, 11) is 0. The molecule has 0 N–H and O–H groups in total. The zero-order valence-electron chi connectivity index (χ0n) is 11.4. The third-order valence-corrected chi connectivity index (χ3v) is 4.98. The van der Waals surface area contributed by atoms with E-state index in [1.165, 1.54) is 44.3 Å². The number of likely N-dealkylation sites (tertiary alicyclic amines) is 1. The minimum absolute atomic E-state index is 0.570. The molecule has 2 unspecified atom stereocenters. The topological polar surface area (TPSA) is 12.5 Å². The minimum atomic E-state index is 0.570. The van der Waals surface area contributed by atoms with Crippen LogP contribution in [-0.2, 0) is 0 Å². The van der Waals surface area contributed by atoms with Gasteiger partial charge in [-0.25, -0.2) is 0 Å². The van der Waals surface area contributed by atoms with Gasteiger partial charge in [-0.15, -0.1) is 0 Å². The molecule has 19 heavy (non-hydrogen) atoms. The summed E-state index contributed by atoms with van der Waals surface area (Å²) in [6.07, 6.45) is 5.36. The van der Waals surface area contributed by atoms with Gasteiger partial charge in [-0.05, 0) is 38.3 Å². The maximum Gasteiger partial charge on any atom is 0.122 e. The van der Waals surface area contributed by atoms with Crippen LogP contribution in [0.2, 0.25) is 0 Å². The lowest BCUT2D eigenvalue weighted by Gasteiger charge is -2.26. The number of nitrogens with zero attached hydrogens (tertiary/aromatic N) is 1. The predicted octanol–water partition coefficient (Wildman–Crippen LogP) is 3.80. The monoisotopic (exact) mass is 323 g/mol. The number of para-hydroxylation sites is 1. The van der Waals surface area contributed by atoms with Crippen LogP contribution in [-0.4, -0.2) is 36.0 Å². The number of alkyl halides is 1. The maximum absolute atomic E-state index is 5.80. The van der Waals surface area contributed by atoms with Gasteiger partial charge in [0, 0.05) is 29.4 Å². The maximum atomic E-state index is 5.80. The van der Waals surface area contributed by atoms with Crippen molar-refractivity contribution in [3.63, 3.8) is 0 Å². The van der Waals surface area contributed by atoms with Crippen LogP contribution in [0.5, 0.6) is 5.75 Å². The molecule has 0 spiro atoms. The van der Waals surface area contributed by atoms with E-state index < -0.39 is 0 Å². The molecule has 1 aromatic rings. The van der Waals surface area contributed by atoms with E-state index in [9.17, 15) is 0 Å². The van der Waals surface area contributed by atoms with Crippen molar-refractivity contribution in [2.75, 3.05) is 25.0 Å². The lowest BCUT2D eigenvalue weighted by Crippen LogP contribution is -2.33. The number of hydrogen-bond acceptors (Lipinski definition) is 2. The van der Waals surface area contributed by atoms with E-state index in [0.717, 1.165) is 23.7 Å². The Morgan fingerprint density at radius 3 is 3.11 bits per heavy atom. The number of benzene rings is 1. The van der Waals surface area contributed by atoms with Gasteiger partial charge >= 0.3 is 0 Å². The highest BCUT2D eigenvalue weighted by molar-refractivity contribution is 9.09. The van der Waals surface area contributed by atoms with Gasteiger partial charge in [0.2, 0.25) is 0 Å². The summed E-state index contributed by atoms with van der Waals surface area (Å²) in [5.74, 6) is 1.67. The Labute approximate surface area is 124 Å². The first-order chi connectivity index (χ1) is 9.38. The van der Waals surface area contributed by atoms with Crippen LogP contribution in [0.15, 0.2) is 24.3 Å². The standard InChI is InChI=1S/C16H22BrNO/c17-9-3-5-14-6-4-10-18(14)11-13-12-19-16-8-2-1-7-15(13)16/h1-2,7-8,13-14H,3-6,9-12H2. The second-order valence-corrected chi connectivity index (χ2v) is 6.46. The Hall–Kier alpha value is -0.540. The summed E-state index contributed by atoms with van der Waals surface area (Å²) in [5.41, 5.74) is 1.41. The fourth-order valence-electron chi connectivity index (χ4n) is 3.44. The molecule has 2 aliphatic heterocycles. The molecule has 0 aromatic heterocycles. The van der Waals surface area contributed by atoms with Gasteiger partial charge in [-0.1, -0.05) is 34.1 Å². The number of fused-ring (bicyclic) bond motifs is 1. The summed E-state index contributed by atoms with van der Waals surface area (Å²) in [6, 6.07) is 9.33. The van der Waals surface area contributed by atoms with Crippen molar-refractivity contribution in [2.24, 2.45) is 0 Å². The van der Waals surface area contributed by atoms with Crippen molar-refractivity contribution in [2.45, 2.75) is 37.6 Å². The van der Waals surface area contributed by atoms with E-state index in [2.05, 4.69) is 45.1 Å². The molecule has 2 atom stereocenters. The van der Waals surface area contributed by atoms with Crippen molar-refractivity contribution in [1.82, 2.24) is 4.90 Å². The lowest BCUT2D eigenvalue weighted by molar-refractivity contribution is 0.211. The van der Waals surface area contributed by atoms with Crippen LogP contribution in [0.1, 0.15) is 37.2 Å². The van der Waals surface area contributed by atoms with Gasteiger partial charge in [0.15, 0.2) is 0 Å². The largest absolute Gasteiger partial charge is 0.493 e. The highest BCUT2D eigenvalue weighted by atomic mass is 79.9. The summed E-state index contributed by atoms with van der Waals surface area (Å²) >= 11 is 3.55. The SMILES string of the molecule is BrCCCC1CCCN1CC1COc2ccccc21. The second kappa shape index (κ2) is 6.27. The molecule has 104 valence electrons. The third kappa shape index (κ3) is 2.97. The molecular formula is C16H22BrNO. The minimum Gasteiger partial charge on any atom is -0.493 e. The van der Waals surface area contributed by atoms with Crippen LogP contribution >= 0.6 is 15.9 Å². The molecule has 0 saturated carbocycles. The molecule has 0 amide bonds. The van der Waals surface area contributed by atoms with Crippen LogP contribution < -0.4 is 4.74 Å². The lowest BCUT2D eigenvalue weighted by atomic mass is 10.00. The average Bonchev–Trinajstić information content (AvgIpc) is 3.05. The van der Waals surface area contributed by atoms with Crippen LogP contribution in [0.3, 0.4) is 0 Å². The third-order valence-electron chi connectivity index (χ3n) is 4.42. The normalized spacial score (nSPS) is 26.4. The number of ether oxygens (including phenoxy) is 1. The molecular weight excluding hydrogens is 302 g/mol. The van der Waals surface area contributed by atoms with Crippen LogP contribution in [0.4, 0.5) is 0 Å². The Morgan fingerprint density at radius 2 is 2.21 bits per heavy atom. The van der Waals surface area contributed by atoms with E-state index in [4.69, 9.17) is 4.74 Å². The van der Waals surface area contributed by atoms with Crippen molar-refractivity contribution in [3.8, 4) is 5.75 Å². The average molecular weight is 324 g/mol. The van der Waals surface area contributed by atoms with Gasteiger partial charge in [-0.2, -0.15) is 0 Å². The zero-order chi connectivity index (χ0) is 13.1. The number of halogens is 1. The van der Waals surface area contributed by atoms with E-state index in [-0.39, 0.29) is 0 Å². The number of hydrogen-bond donors (Lipinski definition) is 0. The second-order valence-electron chi connectivity index (χ2n) is 5.67. The number of rotatable bonds is 5. The summed E-state index contributed by atoms with van der Waals surface area (Å²) in [4.78, 5) is 2.69. The predicted molar refractivity (Wildman–Crippen MR) is 82.3 cm³/mol. The Bertz CT molecular complexity index is 423. The van der Waals surface area contributed by atoms with Gasteiger partial charge in [0.1, 0.15) is 5.75 Å². The van der Waals surface area contributed by atoms with Crippen LogP contribution in [0.25, 0.3) is 0 Å². The van der Waals surface area contributed by atoms with Crippen molar-refractivity contribution in [3.05, 3.63) is 29.8 Å². The Balaban J connectivity index is 1.62. The molecule has 0 bridgehead atoms. The fraction of sp³-hybridized carbons (Fsp3) is 0.625. The van der Waals surface area contributed by atoms with E-state index >= 15 is 0 Å². The smallest absolute Gasteiger partial charge is 0.122 e. The summed E-state index contributed by atoms with van der Waals surface area (Å²) < 4.78 is 5.80. The van der Waals surface area contributed by atoms with Gasteiger partial charge in [-0.3, -0.25) is 4.90 Å². The molecule has 2 heterocycles. The molecule has 1 saturated heterocycles. The summed E-state index contributed by atoms with van der Waals surface area (Å²) in [6.45, 7) is 3.30. The zero-order valence-corrected chi connectivity index (χ0v) is 12.9. The first kappa shape index (κ1) is 13.4. The first-order valence-corrected chi connectivity index (χ1v) is 8.52. The molecule has 2 nitrogen and oxygen atoms in total. The van der Waals surface area contributed by atoms with Crippen LogP contribution in [0, 0.1) is 0 Å². The van der Waals surface area contributed by atoms with Gasteiger partial charge in [0.25, 0.3) is 0 Å². The Kier molecular flexibility index (Phi) is 4.44. The molecule has 3 heteroatoms. The van der Waals surface area contributed by atoms with Gasteiger partial charge in [0.05, 0.1) is 6.61 Å². The van der Waals surface area contributed by atoms with E-state index in [1.807, 2.05) is 0 Å². The van der Waals surface area contributed by atoms with E-state index in [1.54, 1.807) is 0 Å². The fourth-order valence-corrected chi connectivity index (χ4v) is 3.76. The van der Waals surface area contributed by atoms with Crippen molar-refractivity contribution in [1.29, 1.82) is 0 Å². The highest BCUT2D eigenvalue weighted by Gasteiger charge is 2.30. The molecule has 0 radical (unpaired) electrons. The van der Waals surface area contributed by atoms with Crippen molar-refractivity contribution < 1.29 is 4.74 Å². The quantitative estimate of drug-likeness (QED) is 0.764. The first-order valence-electron chi connectivity index (χ1n) is 7.40. The molecule has 2 aliphatic rings. The van der Waals surface area contributed by atoms with Crippen molar-refractivity contribution >= 4 is 15.9 Å². The van der Waals surface area contributed by atoms with Gasteiger partial charge < -0.3 is 4.74 Å². The molecule has 0 aliphatic carbocycles. The molecule has 1 fully saturated rings. The highest BCUT2D eigenvalue weighted by Crippen LogP contribution is 2.35.